The van der Waals surface area contributed by atoms with Gasteiger partial charge in [0, 0.05) is 5.69 Å². The van der Waals surface area contributed by atoms with Crippen LogP contribution in [0, 0.1) is 0 Å². The van der Waals surface area contributed by atoms with Gasteiger partial charge in [-0.15, -0.1) is 0 Å². The molecule has 0 aliphatic carbocycles. The van der Waals surface area contributed by atoms with Crippen LogP contribution < -0.4 is 15.9 Å². The summed E-state index contributed by atoms with van der Waals surface area (Å²) in [6.45, 7) is 0. The van der Waals surface area contributed by atoms with Gasteiger partial charge in [0.05, 0.1) is 5.52 Å². The van der Waals surface area contributed by atoms with Gasteiger partial charge < -0.3 is 4.57 Å². The minimum atomic E-state index is -3.54. The van der Waals surface area contributed by atoms with Gasteiger partial charge in [-0.25, -0.2) is 0 Å². The molecule has 0 saturated carbocycles. The van der Waals surface area contributed by atoms with Gasteiger partial charge in [0.2, 0.25) is 0 Å². The molecule has 2 aliphatic rings. The molecule has 3 nitrogen and oxygen atoms in total. The number of fused-ring (bicyclic) bond motifs is 14. The van der Waals surface area contributed by atoms with Crippen LogP contribution in [-0.2, 0) is 5.41 Å². The molecule has 1 unspecified atom stereocenters. The predicted octanol–water partition coefficient (Wildman–Crippen LogP) is 13.2. The molecule has 0 amide bonds. The van der Waals surface area contributed by atoms with Crippen molar-refractivity contribution in [2.24, 2.45) is 0 Å². The van der Waals surface area contributed by atoms with Gasteiger partial charge in [0.25, 0.3) is 0 Å². The van der Waals surface area contributed by atoms with E-state index in [1.165, 1.54) is 71.6 Å². The van der Waals surface area contributed by atoms with Crippen LogP contribution in [0.3, 0.4) is 0 Å². The third-order valence-corrected chi connectivity index (χ3v) is 18.2. The van der Waals surface area contributed by atoms with E-state index in [2.05, 4.69) is 240 Å². The Morgan fingerprint density at radius 1 is 0.338 bits per heavy atom. The molecule has 0 saturated heterocycles. The van der Waals surface area contributed by atoms with Gasteiger partial charge in [-0.3, -0.25) is 0 Å². The Hall–Kier alpha value is -7.81. The summed E-state index contributed by atoms with van der Waals surface area (Å²) in [4.78, 5) is 13.8. The maximum absolute atomic E-state index is 13.8. The molecule has 0 bridgehead atoms. The van der Waals surface area contributed by atoms with Crippen molar-refractivity contribution < 1.29 is 4.89 Å². The number of rotatable bonds is 4. The number of nitrogens with zero attached hydrogens (tertiary/aromatic N) is 2. The molecule has 65 heavy (non-hydrogen) atoms. The quantitative estimate of drug-likeness (QED) is 0.176. The Balaban J connectivity index is 0.994. The standard InChI is InChI=1S/C61H41N2OP/c64-65(45-18-5-2-6-19-45)58-29-14-10-24-51(58)61(50-23-9-13-28-57(50)63-55-27-12-7-20-46(55)48-22-15-25-52(61)60(48)63)53-39-43(35-37-59(53)65)41-32-30-40(31-33-41)42-34-36-56-49(38-42)47-21-8-11-26-54(47)62(56)44-16-3-1-4-17-44/h1-39,64-65H. The Kier molecular flexibility index (Phi) is 7.67. The third-order valence-electron chi connectivity index (χ3n) is 14.6. The summed E-state index contributed by atoms with van der Waals surface area (Å²) < 4.78 is 4.85. The number of aromatic nitrogens is 2. The Morgan fingerprint density at radius 2 is 0.862 bits per heavy atom. The first-order valence-electron chi connectivity index (χ1n) is 22.5. The van der Waals surface area contributed by atoms with Crippen molar-refractivity contribution in [3.63, 3.8) is 0 Å². The van der Waals surface area contributed by atoms with Crippen LogP contribution in [0.4, 0.5) is 0 Å². The van der Waals surface area contributed by atoms with Gasteiger partial charge in [-0.2, -0.15) is 0 Å². The zero-order valence-electron chi connectivity index (χ0n) is 35.4. The number of hydrogen-bond acceptors (Lipinski definition) is 1. The molecule has 1 spiro atoms. The molecule has 2 aliphatic heterocycles. The Bertz CT molecular complexity index is 3900. The van der Waals surface area contributed by atoms with Crippen LogP contribution in [0.25, 0.3) is 77.2 Å². The van der Waals surface area contributed by atoms with E-state index in [0.717, 1.165) is 43.9 Å². The molecule has 2 aromatic heterocycles. The summed E-state index contributed by atoms with van der Waals surface area (Å²) in [7, 11) is -3.54. The molecule has 0 radical (unpaired) electrons. The molecule has 1 atom stereocenters. The fraction of sp³-hybridized carbons (Fsp3) is 0.0164. The molecule has 4 heteroatoms. The van der Waals surface area contributed by atoms with Gasteiger partial charge in [0.1, 0.15) is 0 Å². The van der Waals surface area contributed by atoms with E-state index in [1.54, 1.807) is 0 Å². The Morgan fingerprint density at radius 3 is 1.63 bits per heavy atom. The summed E-state index contributed by atoms with van der Waals surface area (Å²) in [6, 6.07) is 86.1. The summed E-state index contributed by atoms with van der Waals surface area (Å²) in [5.74, 6) is 0. The first-order valence-corrected chi connectivity index (χ1v) is 24.4. The minimum absolute atomic E-state index is 0.718. The number of para-hydroxylation sites is 5. The molecule has 306 valence electrons. The topological polar surface area (TPSA) is 30.1 Å². The van der Waals surface area contributed by atoms with Crippen molar-refractivity contribution >= 4 is 67.0 Å². The molecular weight excluding hydrogens is 808 g/mol. The van der Waals surface area contributed by atoms with E-state index in [9.17, 15) is 4.89 Å². The third kappa shape index (κ3) is 4.86. The average molecular weight is 849 g/mol. The summed E-state index contributed by atoms with van der Waals surface area (Å²) in [5.41, 5.74) is 15.8. The van der Waals surface area contributed by atoms with E-state index in [1.807, 2.05) is 6.07 Å². The summed E-state index contributed by atoms with van der Waals surface area (Å²) in [5, 5.41) is 8.02. The number of hydrogen-bond donors (Lipinski definition) is 1. The second kappa shape index (κ2) is 13.6. The van der Waals surface area contributed by atoms with Crippen molar-refractivity contribution in [2.75, 3.05) is 0 Å². The van der Waals surface area contributed by atoms with Crippen molar-refractivity contribution in [2.45, 2.75) is 5.41 Å². The van der Waals surface area contributed by atoms with Crippen LogP contribution in [0.15, 0.2) is 237 Å². The van der Waals surface area contributed by atoms with Crippen LogP contribution in [0.2, 0.25) is 0 Å². The average Bonchev–Trinajstić information content (AvgIpc) is 3.90. The fourth-order valence-electron chi connectivity index (χ4n) is 11.9. The fourth-order valence-corrected chi connectivity index (χ4v) is 15.5. The van der Waals surface area contributed by atoms with Crippen LogP contribution in [0.1, 0.15) is 22.3 Å². The predicted molar refractivity (Wildman–Crippen MR) is 274 cm³/mol. The molecular formula is C61H41N2OP. The van der Waals surface area contributed by atoms with E-state index < -0.39 is 12.9 Å². The van der Waals surface area contributed by atoms with Crippen molar-refractivity contribution in [3.8, 4) is 33.6 Å². The molecule has 12 aromatic rings. The van der Waals surface area contributed by atoms with Crippen molar-refractivity contribution in [3.05, 3.63) is 259 Å². The van der Waals surface area contributed by atoms with Crippen LogP contribution in [-0.4, -0.2) is 14.0 Å². The van der Waals surface area contributed by atoms with Crippen molar-refractivity contribution in [1.82, 2.24) is 9.13 Å². The van der Waals surface area contributed by atoms with Gasteiger partial charge in [-0.1, -0.05) is 36.4 Å². The maximum atomic E-state index is 13.8. The second-order valence-electron chi connectivity index (χ2n) is 17.7. The second-order valence-corrected chi connectivity index (χ2v) is 20.8. The summed E-state index contributed by atoms with van der Waals surface area (Å²) >= 11 is 0. The van der Waals surface area contributed by atoms with Crippen LogP contribution >= 0.6 is 7.49 Å². The van der Waals surface area contributed by atoms with E-state index in [0.29, 0.717) is 0 Å². The molecule has 14 rings (SSSR count). The zero-order valence-corrected chi connectivity index (χ0v) is 36.4. The number of benzene rings is 10. The van der Waals surface area contributed by atoms with Crippen LogP contribution in [0.5, 0.6) is 0 Å². The Labute approximate surface area is 377 Å². The van der Waals surface area contributed by atoms with E-state index >= 15 is 0 Å². The molecule has 1 N–H and O–H groups in total. The normalized spacial score (nSPS) is 16.1. The van der Waals surface area contributed by atoms with E-state index in [4.69, 9.17) is 0 Å². The monoisotopic (exact) mass is 848 g/mol. The summed E-state index contributed by atoms with van der Waals surface area (Å²) in [6.07, 6.45) is 0. The molecule has 4 heterocycles. The van der Waals surface area contributed by atoms with Gasteiger partial charge >= 0.3 is 309 Å². The first kappa shape index (κ1) is 36.7. The molecule has 10 aromatic carbocycles. The molecule has 0 fully saturated rings. The zero-order chi connectivity index (χ0) is 42.9. The van der Waals surface area contributed by atoms with Gasteiger partial charge in [-0.05, 0) is 18.2 Å². The SMILES string of the molecule is O[PH]1(c2ccccc2)c2ccccc2C2(c3ccccc3-n3c4ccccc4c4cccc2c43)c2cc(-c3ccc(-c4ccc5c(c4)c4ccccc4n5-c4ccccc4)cc3)ccc21. The van der Waals surface area contributed by atoms with E-state index in [-0.39, 0.29) is 0 Å². The van der Waals surface area contributed by atoms with Crippen molar-refractivity contribution in [1.29, 1.82) is 0 Å². The van der Waals surface area contributed by atoms with Gasteiger partial charge in [0.15, 0.2) is 0 Å². The first-order chi connectivity index (χ1) is 32.1.